The number of ether oxygens (including phenoxy) is 1. The number of hydrogen-bond donors (Lipinski definition) is 2. The predicted molar refractivity (Wildman–Crippen MR) is 84.3 cm³/mol. The molecule has 1 unspecified atom stereocenters. The molecule has 5 nitrogen and oxygen atoms in total. The van der Waals surface area contributed by atoms with E-state index < -0.39 is 16.1 Å². The van der Waals surface area contributed by atoms with Gasteiger partial charge in [0, 0.05) is 6.54 Å². The minimum absolute atomic E-state index is 0.108. The molecule has 22 heavy (non-hydrogen) atoms. The van der Waals surface area contributed by atoms with Gasteiger partial charge in [-0.1, -0.05) is 24.3 Å². The van der Waals surface area contributed by atoms with E-state index in [1.807, 2.05) is 13.0 Å². The van der Waals surface area contributed by atoms with Crippen molar-refractivity contribution in [3.63, 3.8) is 0 Å². The Morgan fingerprint density at radius 1 is 1.18 bits per heavy atom. The summed E-state index contributed by atoms with van der Waals surface area (Å²) in [6, 6.07) is 13.5. The number of rotatable bonds is 6. The normalized spacial score (nSPS) is 12.9. The highest BCUT2D eigenvalue weighted by atomic mass is 32.2. The zero-order valence-corrected chi connectivity index (χ0v) is 13.3. The summed E-state index contributed by atoms with van der Waals surface area (Å²) in [7, 11) is -2.11. The Morgan fingerprint density at radius 2 is 1.91 bits per heavy atom. The predicted octanol–water partition coefficient (Wildman–Crippen LogP) is 2.02. The molecule has 0 saturated carbocycles. The fourth-order valence-electron chi connectivity index (χ4n) is 2.02. The molecule has 0 aliphatic rings. The number of aliphatic hydroxyl groups excluding tert-OH is 1. The molecule has 0 spiro atoms. The lowest BCUT2D eigenvalue weighted by molar-refractivity contribution is 0.181. The first kappa shape index (κ1) is 16.5. The number of methoxy groups -OCH3 is 1. The summed E-state index contributed by atoms with van der Waals surface area (Å²) in [5.74, 6) is 0.609. The lowest BCUT2D eigenvalue weighted by Gasteiger charge is -2.13. The summed E-state index contributed by atoms with van der Waals surface area (Å²) >= 11 is 0. The smallest absolute Gasteiger partial charge is 0.240 e. The number of benzene rings is 2. The Hall–Kier alpha value is -1.89. The molecule has 0 fully saturated rings. The van der Waals surface area contributed by atoms with Gasteiger partial charge in [-0.05, 0) is 42.3 Å². The quantitative estimate of drug-likeness (QED) is 0.853. The van der Waals surface area contributed by atoms with Crippen LogP contribution in [0.25, 0.3) is 0 Å². The van der Waals surface area contributed by atoms with E-state index >= 15 is 0 Å². The third kappa shape index (κ3) is 4.07. The van der Waals surface area contributed by atoms with Crippen LogP contribution in [0.5, 0.6) is 5.75 Å². The molecule has 2 aromatic rings. The van der Waals surface area contributed by atoms with E-state index in [2.05, 4.69) is 4.72 Å². The van der Waals surface area contributed by atoms with Gasteiger partial charge in [0.05, 0.1) is 18.1 Å². The molecule has 0 aliphatic heterocycles. The molecule has 0 aromatic heterocycles. The summed E-state index contributed by atoms with van der Waals surface area (Å²) in [6.45, 7) is 1.72. The Balaban J connectivity index is 2.08. The van der Waals surface area contributed by atoms with Crippen molar-refractivity contribution < 1.29 is 18.3 Å². The van der Waals surface area contributed by atoms with E-state index in [0.717, 1.165) is 5.56 Å². The number of aryl methyl sites for hydroxylation is 1. The average molecular weight is 321 g/mol. The fourth-order valence-corrected chi connectivity index (χ4v) is 3.16. The Bertz CT molecular complexity index is 743. The largest absolute Gasteiger partial charge is 0.497 e. The maximum absolute atomic E-state index is 12.2. The highest BCUT2D eigenvalue weighted by Gasteiger charge is 2.17. The molecule has 6 heteroatoms. The maximum atomic E-state index is 12.2. The van der Waals surface area contributed by atoms with Crippen molar-refractivity contribution in [3.8, 4) is 5.75 Å². The first-order valence-corrected chi connectivity index (χ1v) is 8.29. The van der Waals surface area contributed by atoms with Gasteiger partial charge in [0.25, 0.3) is 0 Å². The summed E-state index contributed by atoms with van der Waals surface area (Å²) in [5, 5.41) is 10.1. The third-order valence-corrected chi connectivity index (χ3v) is 4.67. The van der Waals surface area contributed by atoms with E-state index in [1.54, 1.807) is 36.4 Å². The van der Waals surface area contributed by atoms with Gasteiger partial charge in [-0.15, -0.1) is 0 Å². The molecule has 118 valence electrons. The highest BCUT2D eigenvalue weighted by molar-refractivity contribution is 7.89. The van der Waals surface area contributed by atoms with Crippen molar-refractivity contribution in [3.05, 3.63) is 59.7 Å². The second-order valence-corrected chi connectivity index (χ2v) is 6.73. The maximum Gasteiger partial charge on any atom is 0.240 e. The van der Waals surface area contributed by atoms with Crippen LogP contribution in [0.15, 0.2) is 53.4 Å². The van der Waals surface area contributed by atoms with Gasteiger partial charge >= 0.3 is 0 Å². The second-order valence-electron chi connectivity index (χ2n) is 4.96. The van der Waals surface area contributed by atoms with Crippen molar-refractivity contribution in [2.24, 2.45) is 0 Å². The van der Waals surface area contributed by atoms with E-state index in [0.29, 0.717) is 11.3 Å². The summed E-state index contributed by atoms with van der Waals surface area (Å²) in [4.78, 5) is 0.186. The van der Waals surface area contributed by atoms with Crippen LogP contribution in [0.1, 0.15) is 17.2 Å². The molecule has 0 bridgehead atoms. The Labute approximate surface area is 130 Å². The molecule has 0 radical (unpaired) electrons. The summed E-state index contributed by atoms with van der Waals surface area (Å²) in [5.41, 5.74) is 1.45. The Kier molecular flexibility index (Phi) is 5.18. The van der Waals surface area contributed by atoms with Crippen LogP contribution in [-0.4, -0.2) is 27.2 Å². The minimum Gasteiger partial charge on any atom is -0.497 e. The zero-order valence-electron chi connectivity index (χ0n) is 12.5. The second kappa shape index (κ2) is 6.91. The van der Waals surface area contributed by atoms with Crippen LogP contribution >= 0.6 is 0 Å². The molecule has 0 amide bonds. The number of sulfonamides is 1. The fraction of sp³-hybridized carbons (Fsp3) is 0.250. The minimum atomic E-state index is -3.64. The molecule has 0 aliphatic carbocycles. The topological polar surface area (TPSA) is 75.6 Å². The van der Waals surface area contributed by atoms with Crippen molar-refractivity contribution in [2.45, 2.75) is 17.9 Å². The molecule has 0 saturated heterocycles. The third-order valence-electron chi connectivity index (χ3n) is 3.25. The van der Waals surface area contributed by atoms with Crippen LogP contribution in [0, 0.1) is 6.92 Å². The first-order chi connectivity index (χ1) is 10.4. The van der Waals surface area contributed by atoms with Crippen molar-refractivity contribution in [1.82, 2.24) is 4.72 Å². The van der Waals surface area contributed by atoms with Gasteiger partial charge in [-0.2, -0.15) is 0 Å². The monoisotopic (exact) mass is 321 g/mol. The zero-order chi connectivity index (χ0) is 16.2. The number of nitrogens with one attached hydrogen (secondary N) is 1. The standard InChI is InChI=1S/C16H19NO4S/c1-12-5-3-8-15(9-12)22(19,20)17-11-16(18)13-6-4-7-14(10-13)21-2/h3-10,16-18H,11H2,1-2H3. The molecular weight excluding hydrogens is 302 g/mol. The first-order valence-electron chi connectivity index (χ1n) is 6.81. The molecule has 2 aromatic carbocycles. The van der Waals surface area contributed by atoms with Gasteiger partial charge in [0.2, 0.25) is 10.0 Å². The van der Waals surface area contributed by atoms with Gasteiger partial charge in [-0.25, -0.2) is 13.1 Å². The van der Waals surface area contributed by atoms with E-state index in [9.17, 15) is 13.5 Å². The van der Waals surface area contributed by atoms with Crippen LogP contribution in [0.4, 0.5) is 0 Å². The van der Waals surface area contributed by atoms with E-state index in [-0.39, 0.29) is 11.4 Å². The molecular formula is C16H19NO4S. The summed E-state index contributed by atoms with van der Waals surface area (Å²) < 4.78 is 31.9. The van der Waals surface area contributed by atoms with Crippen molar-refractivity contribution in [1.29, 1.82) is 0 Å². The van der Waals surface area contributed by atoms with Crippen LogP contribution < -0.4 is 9.46 Å². The van der Waals surface area contributed by atoms with Gasteiger partial charge < -0.3 is 9.84 Å². The summed E-state index contributed by atoms with van der Waals surface area (Å²) in [6.07, 6.45) is -0.949. The highest BCUT2D eigenvalue weighted by Crippen LogP contribution is 2.19. The van der Waals surface area contributed by atoms with E-state index in [4.69, 9.17) is 4.74 Å². The molecule has 1 atom stereocenters. The average Bonchev–Trinajstić information content (AvgIpc) is 2.52. The van der Waals surface area contributed by atoms with Gasteiger partial charge in [0.15, 0.2) is 0 Å². The van der Waals surface area contributed by atoms with Crippen LogP contribution in [0.3, 0.4) is 0 Å². The number of hydrogen-bond acceptors (Lipinski definition) is 4. The van der Waals surface area contributed by atoms with Crippen molar-refractivity contribution >= 4 is 10.0 Å². The lowest BCUT2D eigenvalue weighted by atomic mass is 10.1. The Morgan fingerprint density at radius 3 is 2.59 bits per heavy atom. The molecule has 0 heterocycles. The van der Waals surface area contributed by atoms with Gasteiger partial charge in [0.1, 0.15) is 5.75 Å². The van der Waals surface area contributed by atoms with E-state index in [1.165, 1.54) is 13.2 Å². The molecule has 2 N–H and O–H groups in total. The SMILES string of the molecule is COc1cccc(C(O)CNS(=O)(=O)c2cccc(C)c2)c1. The number of aliphatic hydroxyl groups is 1. The molecule has 2 rings (SSSR count). The van der Waals surface area contributed by atoms with Gasteiger partial charge in [-0.3, -0.25) is 0 Å². The van der Waals surface area contributed by atoms with Crippen LogP contribution in [0.2, 0.25) is 0 Å². The lowest BCUT2D eigenvalue weighted by Crippen LogP contribution is -2.28. The van der Waals surface area contributed by atoms with Crippen LogP contribution in [-0.2, 0) is 10.0 Å². The van der Waals surface area contributed by atoms with Crippen molar-refractivity contribution in [2.75, 3.05) is 13.7 Å².